The topological polar surface area (TPSA) is 76.9 Å². The van der Waals surface area contributed by atoms with Crippen molar-refractivity contribution in [2.45, 2.75) is 25.0 Å². The van der Waals surface area contributed by atoms with Crippen molar-refractivity contribution in [2.75, 3.05) is 11.1 Å². The molecule has 0 bridgehead atoms. The summed E-state index contributed by atoms with van der Waals surface area (Å²) in [6.07, 6.45) is 0.701. The number of rotatable bonds is 9. The minimum atomic E-state index is -0.185. The predicted molar refractivity (Wildman–Crippen MR) is 131 cm³/mol. The lowest BCUT2D eigenvalue weighted by atomic mass is 10.1. The largest absolute Gasteiger partial charge is 0.322 e. The lowest BCUT2D eigenvalue weighted by molar-refractivity contribution is 0.101. The van der Waals surface area contributed by atoms with Crippen LogP contribution in [0.15, 0.2) is 90.1 Å². The maximum Gasteiger partial charge on any atom is 0.255 e. The van der Waals surface area contributed by atoms with Gasteiger partial charge in [-0.2, -0.15) is 0 Å². The van der Waals surface area contributed by atoms with Crippen molar-refractivity contribution in [3.05, 3.63) is 107 Å². The van der Waals surface area contributed by atoms with Gasteiger partial charge in [-0.25, -0.2) is 0 Å². The van der Waals surface area contributed by atoms with Gasteiger partial charge in [-0.15, -0.1) is 10.2 Å². The van der Waals surface area contributed by atoms with E-state index >= 15 is 0 Å². The van der Waals surface area contributed by atoms with Gasteiger partial charge >= 0.3 is 0 Å². The Morgan fingerprint density at radius 1 is 0.848 bits per heavy atom. The average Bonchev–Trinajstić information content (AvgIpc) is 3.25. The van der Waals surface area contributed by atoms with Gasteiger partial charge in [0, 0.05) is 29.8 Å². The zero-order valence-electron chi connectivity index (χ0n) is 18.3. The lowest BCUT2D eigenvalue weighted by Gasteiger charge is -2.08. The Hall–Kier alpha value is -3.71. The van der Waals surface area contributed by atoms with Gasteiger partial charge in [0.1, 0.15) is 5.82 Å². The average molecular weight is 457 g/mol. The Balaban J connectivity index is 1.35. The molecule has 0 atom stereocenters. The number of nitrogens with zero attached hydrogens (tertiary/aromatic N) is 3. The van der Waals surface area contributed by atoms with Crippen molar-refractivity contribution in [1.82, 2.24) is 14.8 Å². The summed E-state index contributed by atoms with van der Waals surface area (Å²) in [5, 5.41) is 12.2. The van der Waals surface area contributed by atoms with Crippen LogP contribution < -0.4 is 5.32 Å². The minimum absolute atomic E-state index is 0.00352. The van der Waals surface area contributed by atoms with E-state index < -0.39 is 0 Å². The van der Waals surface area contributed by atoms with Crippen LogP contribution >= 0.6 is 11.8 Å². The highest BCUT2D eigenvalue weighted by Crippen LogP contribution is 2.21. The molecule has 0 radical (unpaired) electrons. The van der Waals surface area contributed by atoms with Gasteiger partial charge in [0.2, 0.25) is 0 Å². The number of thioether (sulfide) groups is 1. The van der Waals surface area contributed by atoms with Crippen molar-refractivity contribution in [1.29, 1.82) is 0 Å². The van der Waals surface area contributed by atoms with Crippen molar-refractivity contribution in [2.24, 2.45) is 0 Å². The molecular weight excluding hydrogens is 432 g/mol. The second kappa shape index (κ2) is 10.7. The zero-order chi connectivity index (χ0) is 23.0. The molecule has 166 valence electrons. The third kappa shape index (κ3) is 5.75. The Kier molecular flexibility index (Phi) is 7.32. The molecule has 1 aromatic heterocycles. The third-order valence-corrected chi connectivity index (χ3v) is 6.11. The molecule has 4 aromatic rings. The van der Waals surface area contributed by atoms with E-state index in [1.54, 1.807) is 36.4 Å². The van der Waals surface area contributed by atoms with Gasteiger partial charge in [0.15, 0.2) is 10.9 Å². The van der Waals surface area contributed by atoms with Crippen LogP contribution in [0.4, 0.5) is 5.69 Å². The quantitative estimate of drug-likeness (QED) is 0.280. The fourth-order valence-corrected chi connectivity index (χ4v) is 4.31. The van der Waals surface area contributed by atoms with Crippen LogP contribution in [-0.2, 0) is 13.0 Å². The molecule has 0 fully saturated rings. The molecule has 0 saturated carbocycles. The van der Waals surface area contributed by atoms with Crippen molar-refractivity contribution >= 4 is 29.1 Å². The molecule has 1 N–H and O–H groups in total. The van der Waals surface area contributed by atoms with Crippen molar-refractivity contribution in [3.63, 3.8) is 0 Å². The van der Waals surface area contributed by atoms with Crippen LogP contribution in [0.5, 0.6) is 0 Å². The second-order valence-electron chi connectivity index (χ2n) is 7.41. The molecule has 0 aliphatic heterocycles. The first-order chi connectivity index (χ1) is 16.1. The van der Waals surface area contributed by atoms with E-state index in [9.17, 15) is 9.59 Å². The van der Waals surface area contributed by atoms with Crippen LogP contribution in [0.25, 0.3) is 0 Å². The number of carbonyl (C=O) groups excluding carboxylic acids is 2. The maximum atomic E-state index is 12.7. The number of carbonyl (C=O) groups is 2. The molecule has 4 rings (SSSR count). The van der Waals surface area contributed by atoms with E-state index in [-0.39, 0.29) is 17.4 Å². The summed E-state index contributed by atoms with van der Waals surface area (Å²) in [6.45, 7) is 2.79. The first-order valence-corrected chi connectivity index (χ1v) is 11.7. The van der Waals surface area contributed by atoms with Crippen molar-refractivity contribution < 1.29 is 9.59 Å². The molecule has 1 heterocycles. The molecule has 3 aromatic carbocycles. The second-order valence-corrected chi connectivity index (χ2v) is 8.36. The van der Waals surface area contributed by atoms with E-state index in [0.717, 1.165) is 17.5 Å². The summed E-state index contributed by atoms with van der Waals surface area (Å²) in [4.78, 5) is 25.0. The molecule has 6 nitrogen and oxygen atoms in total. The first-order valence-electron chi connectivity index (χ1n) is 10.7. The van der Waals surface area contributed by atoms with Crippen LogP contribution in [-0.4, -0.2) is 32.2 Å². The highest BCUT2D eigenvalue weighted by atomic mass is 32.2. The molecule has 33 heavy (non-hydrogen) atoms. The number of aromatic nitrogens is 3. The van der Waals surface area contributed by atoms with Crippen LogP contribution in [0.2, 0.25) is 0 Å². The summed E-state index contributed by atoms with van der Waals surface area (Å²) < 4.78 is 2.05. The molecule has 1 amide bonds. The number of anilines is 1. The number of hydrogen-bond acceptors (Lipinski definition) is 5. The van der Waals surface area contributed by atoms with E-state index in [1.807, 2.05) is 47.9 Å². The first kappa shape index (κ1) is 22.5. The molecule has 0 spiro atoms. The number of hydrogen-bond donors (Lipinski definition) is 1. The standard InChI is InChI=1S/C26H24N4O2S/c1-2-30-24(17-19-9-5-3-6-10-19)28-29-26(30)33-18-23(31)20-13-15-22(16-14-20)27-25(32)21-11-7-4-8-12-21/h3-16H,2,17-18H2,1H3,(H,27,32). The van der Waals surface area contributed by atoms with Gasteiger partial charge in [0.25, 0.3) is 5.91 Å². The molecule has 0 unspecified atom stereocenters. The number of benzene rings is 3. The van der Waals surface area contributed by atoms with E-state index in [0.29, 0.717) is 23.2 Å². The molecule has 0 aliphatic carbocycles. The highest BCUT2D eigenvalue weighted by molar-refractivity contribution is 7.99. The summed E-state index contributed by atoms with van der Waals surface area (Å²) in [6, 6.07) is 26.1. The summed E-state index contributed by atoms with van der Waals surface area (Å²) in [7, 11) is 0. The fourth-order valence-electron chi connectivity index (χ4n) is 3.40. The summed E-state index contributed by atoms with van der Waals surface area (Å²) >= 11 is 1.39. The number of Topliss-reactive ketones (excluding diaryl/α,β-unsaturated/α-hetero) is 1. The van der Waals surface area contributed by atoms with Gasteiger partial charge in [-0.3, -0.25) is 9.59 Å². The molecule has 0 saturated heterocycles. The Labute approximate surface area is 197 Å². The van der Waals surface area contributed by atoms with Crippen LogP contribution in [0.1, 0.15) is 39.0 Å². The number of amides is 1. The lowest BCUT2D eigenvalue weighted by Crippen LogP contribution is -2.12. The van der Waals surface area contributed by atoms with Gasteiger partial charge < -0.3 is 9.88 Å². The molecular formula is C26H24N4O2S. The fraction of sp³-hybridized carbons (Fsp3) is 0.154. The normalized spacial score (nSPS) is 10.7. The van der Waals surface area contributed by atoms with E-state index in [2.05, 4.69) is 27.6 Å². The smallest absolute Gasteiger partial charge is 0.255 e. The Morgan fingerprint density at radius 2 is 1.52 bits per heavy atom. The minimum Gasteiger partial charge on any atom is -0.322 e. The highest BCUT2D eigenvalue weighted by Gasteiger charge is 2.15. The third-order valence-electron chi connectivity index (χ3n) is 5.15. The number of ketones is 1. The molecule has 7 heteroatoms. The van der Waals surface area contributed by atoms with Gasteiger partial charge in [-0.05, 0) is 48.9 Å². The monoisotopic (exact) mass is 456 g/mol. The number of nitrogens with one attached hydrogen (secondary N) is 1. The van der Waals surface area contributed by atoms with Crippen LogP contribution in [0, 0.1) is 0 Å². The van der Waals surface area contributed by atoms with Crippen molar-refractivity contribution in [3.8, 4) is 0 Å². The molecule has 0 aliphatic rings. The van der Waals surface area contributed by atoms with E-state index in [4.69, 9.17) is 0 Å². The SMILES string of the molecule is CCn1c(Cc2ccccc2)nnc1SCC(=O)c1ccc(NC(=O)c2ccccc2)cc1. The Bertz CT molecular complexity index is 1220. The maximum absolute atomic E-state index is 12.7. The van der Waals surface area contributed by atoms with E-state index in [1.165, 1.54) is 17.3 Å². The Morgan fingerprint density at radius 3 is 2.18 bits per heavy atom. The summed E-state index contributed by atoms with van der Waals surface area (Å²) in [5.41, 5.74) is 2.99. The summed E-state index contributed by atoms with van der Waals surface area (Å²) in [5.74, 6) is 0.961. The zero-order valence-corrected chi connectivity index (χ0v) is 19.1. The van der Waals surface area contributed by atoms with Crippen LogP contribution in [0.3, 0.4) is 0 Å². The van der Waals surface area contributed by atoms with Gasteiger partial charge in [0.05, 0.1) is 5.75 Å². The van der Waals surface area contributed by atoms with Gasteiger partial charge in [-0.1, -0.05) is 60.3 Å². The predicted octanol–water partition coefficient (Wildman–Crippen LogP) is 5.12.